The number of anilines is 2. The Morgan fingerprint density at radius 2 is 2.28 bits per heavy atom. The van der Waals surface area contributed by atoms with Crippen LogP contribution in [-0.4, -0.2) is 16.1 Å². The molecule has 0 fully saturated rings. The summed E-state index contributed by atoms with van der Waals surface area (Å²) in [7, 11) is 0. The third kappa shape index (κ3) is 3.22. The van der Waals surface area contributed by atoms with Crippen molar-refractivity contribution in [3.05, 3.63) is 41.1 Å². The van der Waals surface area contributed by atoms with Gasteiger partial charge in [0.05, 0.1) is 22.2 Å². The van der Waals surface area contributed by atoms with Crippen LogP contribution in [0.5, 0.6) is 0 Å². The van der Waals surface area contributed by atoms with Crippen LogP contribution in [0.25, 0.3) is 0 Å². The van der Waals surface area contributed by atoms with Crippen molar-refractivity contribution < 1.29 is 4.39 Å². The molecule has 4 nitrogen and oxygen atoms in total. The van der Waals surface area contributed by atoms with Crippen LogP contribution in [0, 0.1) is 5.82 Å². The molecular weight excluding hydrogens is 299 g/mol. The molecule has 96 valence electrons. The van der Waals surface area contributed by atoms with E-state index in [0.29, 0.717) is 10.2 Å². The van der Waals surface area contributed by atoms with Gasteiger partial charge in [-0.1, -0.05) is 0 Å². The van der Waals surface area contributed by atoms with Crippen molar-refractivity contribution in [2.45, 2.75) is 13.0 Å². The summed E-state index contributed by atoms with van der Waals surface area (Å²) in [4.78, 5) is 3.97. The zero-order chi connectivity index (χ0) is 13.0. The first-order valence-corrected chi connectivity index (χ1v) is 6.40. The molecule has 2 rings (SSSR count). The average molecular weight is 313 g/mol. The number of nitrogens with zero attached hydrogens (tertiary/aromatic N) is 2. The molecule has 0 aliphatic carbocycles. The van der Waals surface area contributed by atoms with Gasteiger partial charge in [0.15, 0.2) is 0 Å². The zero-order valence-corrected chi connectivity index (χ0v) is 11.3. The van der Waals surface area contributed by atoms with Gasteiger partial charge in [-0.05, 0) is 28.4 Å². The summed E-state index contributed by atoms with van der Waals surface area (Å²) in [5, 5.41) is 3.19. The van der Waals surface area contributed by atoms with Crippen molar-refractivity contribution in [1.29, 1.82) is 0 Å². The molecular formula is C12H14BrFN4. The second kappa shape index (κ2) is 5.86. The number of hydrogen-bond acceptors (Lipinski definition) is 3. The maximum Gasteiger partial charge on any atom is 0.139 e. The van der Waals surface area contributed by atoms with E-state index < -0.39 is 0 Å². The third-order valence-corrected chi connectivity index (χ3v) is 3.17. The number of nitrogens with one attached hydrogen (secondary N) is 1. The van der Waals surface area contributed by atoms with Crippen molar-refractivity contribution in [3.63, 3.8) is 0 Å². The minimum absolute atomic E-state index is 0.350. The van der Waals surface area contributed by atoms with Crippen LogP contribution in [0.1, 0.15) is 6.42 Å². The number of aryl methyl sites for hydroxylation is 1. The van der Waals surface area contributed by atoms with Crippen molar-refractivity contribution in [3.8, 4) is 0 Å². The first-order valence-electron chi connectivity index (χ1n) is 5.61. The molecule has 18 heavy (non-hydrogen) atoms. The number of nitrogens with two attached hydrogens (primary N) is 1. The Balaban J connectivity index is 1.85. The first-order chi connectivity index (χ1) is 8.66. The number of hydrogen-bond donors (Lipinski definition) is 2. The van der Waals surface area contributed by atoms with Gasteiger partial charge < -0.3 is 15.6 Å². The minimum Gasteiger partial charge on any atom is -0.397 e. The van der Waals surface area contributed by atoms with Gasteiger partial charge in [-0.15, -0.1) is 0 Å². The number of nitrogen functional groups attached to an aromatic ring is 1. The smallest absolute Gasteiger partial charge is 0.139 e. The standard InChI is InChI=1S/C12H14BrFN4/c13-9-6-12(11(15)7-10(9)14)17-2-1-4-18-5-3-16-8-18/h3,5-8,17H,1-2,4,15H2. The Morgan fingerprint density at radius 3 is 3.00 bits per heavy atom. The number of rotatable bonds is 5. The molecule has 2 aromatic rings. The van der Waals surface area contributed by atoms with Gasteiger partial charge in [0.2, 0.25) is 0 Å². The maximum absolute atomic E-state index is 13.2. The fourth-order valence-corrected chi connectivity index (χ4v) is 1.96. The number of imidazole rings is 1. The maximum atomic E-state index is 13.2. The molecule has 3 N–H and O–H groups in total. The predicted molar refractivity (Wildman–Crippen MR) is 73.8 cm³/mol. The van der Waals surface area contributed by atoms with Gasteiger partial charge in [-0.2, -0.15) is 0 Å². The van der Waals surface area contributed by atoms with Crippen LogP contribution >= 0.6 is 15.9 Å². The summed E-state index contributed by atoms with van der Waals surface area (Å²) >= 11 is 3.14. The van der Waals surface area contributed by atoms with E-state index in [2.05, 4.69) is 26.2 Å². The summed E-state index contributed by atoms with van der Waals surface area (Å²) in [5.74, 6) is -0.350. The Hall–Kier alpha value is -1.56. The van der Waals surface area contributed by atoms with E-state index in [4.69, 9.17) is 5.73 Å². The molecule has 0 aliphatic rings. The molecule has 0 saturated heterocycles. The lowest BCUT2D eigenvalue weighted by atomic mass is 10.2. The van der Waals surface area contributed by atoms with E-state index in [1.807, 2.05) is 10.8 Å². The molecule has 0 unspecified atom stereocenters. The second-order valence-corrected chi connectivity index (χ2v) is 4.79. The average Bonchev–Trinajstić information content (AvgIpc) is 2.84. The molecule has 0 saturated carbocycles. The lowest BCUT2D eigenvalue weighted by Gasteiger charge is -2.10. The van der Waals surface area contributed by atoms with Gasteiger partial charge in [0.25, 0.3) is 0 Å². The second-order valence-electron chi connectivity index (χ2n) is 3.93. The Bertz CT molecular complexity index is 513. The molecule has 0 bridgehead atoms. The highest BCUT2D eigenvalue weighted by Gasteiger charge is 2.05. The molecule has 0 radical (unpaired) electrons. The molecule has 1 aromatic carbocycles. The predicted octanol–water partition coefficient (Wildman–Crippen LogP) is 2.87. The third-order valence-electron chi connectivity index (χ3n) is 2.56. The summed E-state index contributed by atoms with van der Waals surface area (Å²) in [6, 6.07) is 2.96. The zero-order valence-electron chi connectivity index (χ0n) is 9.74. The van der Waals surface area contributed by atoms with Crippen LogP contribution < -0.4 is 11.1 Å². The van der Waals surface area contributed by atoms with Crippen molar-refractivity contribution in [1.82, 2.24) is 9.55 Å². The van der Waals surface area contributed by atoms with Gasteiger partial charge in [-0.3, -0.25) is 0 Å². The van der Waals surface area contributed by atoms with Gasteiger partial charge in [0, 0.05) is 31.5 Å². The van der Waals surface area contributed by atoms with Crippen molar-refractivity contribution in [2.24, 2.45) is 0 Å². The molecule has 0 amide bonds. The largest absolute Gasteiger partial charge is 0.397 e. The van der Waals surface area contributed by atoms with Crippen LogP contribution in [0.3, 0.4) is 0 Å². The fraction of sp³-hybridized carbons (Fsp3) is 0.250. The first kappa shape index (κ1) is 12.9. The van der Waals surface area contributed by atoms with E-state index in [9.17, 15) is 4.39 Å². The fourth-order valence-electron chi connectivity index (χ4n) is 1.62. The Kier molecular flexibility index (Phi) is 4.19. The Labute approximate surface area is 113 Å². The molecule has 1 heterocycles. The summed E-state index contributed by atoms with van der Waals surface area (Å²) in [5.41, 5.74) is 6.89. The van der Waals surface area contributed by atoms with Crippen LogP contribution in [0.15, 0.2) is 35.3 Å². The number of halogens is 2. The number of benzene rings is 1. The minimum atomic E-state index is -0.350. The lowest BCUT2D eigenvalue weighted by molar-refractivity contribution is 0.622. The van der Waals surface area contributed by atoms with Crippen LogP contribution in [0.4, 0.5) is 15.8 Å². The highest BCUT2D eigenvalue weighted by molar-refractivity contribution is 9.10. The SMILES string of the molecule is Nc1cc(F)c(Br)cc1NCCCn1ccnc1. The highest BCUT2D eigenvalue weighted by Crippen LogP contribution is 2.26. The van der Waals surface area contributed by atoms with Crippen LogP contribution in [-0.2, 0) is 6.54 Å². The quantitative estimate of drug-likeness (QED) is 0.659. The lowest BCUT2D eigenvalue weighted by Crippen LogP contribution is -2.07. The van der Waals surface area contributed by atoms with E-state index in [1.54, 1.807) is 18.6 Å². The van der Waals surface area contributed by atoms with E-state index in [-0.39, 0.29) is 5.82 Å². The van der Waals surface area contributed by atoms with E-state index >= 15 is 0 Å². The van der Waals surface area contributed by atoms with E-state index in [1.165, 1.54) is 6.07 Å². The van der Waals surface area contributed by atoms with E-state index in [0.717, 1.165) is 25.2 Å². The summed E-state index contributed by atoms with van der Waals surface area (Å²) in [6.45, 7) is 1.65. The highest BCUT2D eigenvalue weighted by atomic mass is 79.9. The summed E-state index contributed by atoms with van der Waals surface area (Å²) in [6.07, 6.45) is 6.39. The molecule has 0 aliphatic heterocycles. The molecule has 6 heteroatoms. The molecule has 1 aromatic heterocycles. The van der Waals surface area contributed by atoms with Crippen molar-refractivity contribution in [2.75, 3.05) is 17.6 Å². The summed E-state index contributed by atoms with van der Waals surface area (Å²) < 4.78 is 15.6. The monoisotopic (exact) mass is 312 g/mol. The van der Waals surface area contributed by atoms with Crippen molar-refractivity contribution >= 4 is 27.3 Å². The topological polar surface area (TPSA) is 55.9 Å². The number of aromatic nitrogens is 2. The van der Waals surface area contributed by atoms with Crippen LogP contribution in [0.2, 0.25) is 0 Å². The Morgan fingerprint density at radius 1 is 1.44 bits per heavy atom. The van der Waals surface area contributed by atoms with Gasteiger partial charge in [-0.25, -0.2) is 9.37 Å². The molecule has 0 atom stereocenters. The van der Waals surface area contributed by atoms with Gasteiger partial charge >= 0.3 is 0 Å². The normalized spacial score (nSPS) is 10.6. The molecule has 0 spiro atoms. The van der Waals surface area contributed by atoms with Gasteiger partial charge in [0.1, 0.15) is 5.82 Å².